The molecular formula is C14H23BrN2O3S. The first-order chi connectivity index (χ1) is 9.82. The minimum absolute atomic E-state index is 0.113. The van der Waals surface area contributed by atoms with Gasteiger partial charge in [-0.25, -0.2) is 8.42 Å². The van der Waals surface area contributed by atoms with E-state index in [0.717, 1.165) is 6.42 Å². The number of rotatable bonds is 8. The molecule has 0 atom stereocenters. The van der Waals surface area contributed by atoms with Crippen LogP contribution >= 0.6 is 15.9 Å². The van der Waals surface area contributed by atoms with Crippen molar-refractivity contribution in [1.29, 1.82) is 0 Å². The molecule has 0 aliphatic carbocycles. The second-order valence-corrected chi connectivity index (χ2v) is 7.89. The maximum Gasteiger partial charge on any atom is 0.244 e. The van der Waals surface area contributed by atoms with Gasteiger partial charge >= 0.3 is 0 Å². The number of sulfonamides is 1. The third-order valence-corrected chi connectivity index (χ3v) is 5.94. The highest BCUT2D eigenvalue weighted by Crippen LogP contribution is 2.26. The van der Waals surface area contributed by atoms with Crippen LogP contribution in [0.25, 0.3) is 0 Å². The highest BCUT2D eigenvalue weighted by Gasteiger charge is 2.25. The zero-order valence-corrected chi connectivity index (χ0v) is 15.1. The molecule has 0 aliphatic rings. The molecule has 0 heterocycles. The van der Waals surface area contributed by atoms with Crippen molar-refractivity contribution in [2.24, 2.45) is 0 Å². The van der Waals surface area contributed by atoms with Gasteiger partial charge in [0.25, 0.3) is 0 Å². The lowest BCUT2D eigenvalue weighted by atomic mass is 10.2. The van der Waals surface area contributed by atoms with Gasteiger partial charge in [0.05, 0.1) is 11.5 Å². The largest absolute Gasteiger partial charge is 0.392 e. The number of hydrogen-bond acceptors (Lipinski definition) is 4. The molecule has 0 spiro atoms. The van der Waals surface area contributed by atoms with Crippen LogP contribution in [0.15, 0.2) is 27.6 Å². The molecule has 21 heavy (non-hydrogen) atoms. The van der Waals surface area contributed by atoms with Crippen LogP contribution in [0.5, 0.6) is 0 Å². The van der Waals surface area contributed by atoms with Crippen molar-refractivity contribution in [1.82, 2.24) is 9.21 Å². The second-order valence-electron chi connectivity index (χ2n) is 5.13. The molecule has 1 aromatic carbocycles. The number of benzene rings is 1. The maximum absolute atomic E-state index is 12.8. The summed E-state index contributed by atoms with van der Waals surface area (Å²) in [6.07, 6.45) is 0.763. The SMILES string of the molecule is CCCN(CCN(C)C)S(=O)(=O)c1ccc(CO)cc1Br. The Morgan fingerprint density at radius 3 is 2.33 bits per heavy atom. The van der Waals surface area contributed by atoms with Crippen molar-refractivity contribution in [2.45, 2.75) is 24.8 Å². The number of nitrogens with zero attached hydrogens (tertiary/aromatic N) is 2. The van der Waals surface area contributed by atoms with Crippen molar-refractivity contribution in [2.75, 3.05) is 33.7 Å². The van der Waals surface area contributed by atoms with Crippen LogP contribution in [-0.4, -0.2) is 56.5 Å². The normalized spacial score (nSPS) is 12.3. The van der Waals surface area contributed by atoms with Crippen LogP contribution in [0.3, 0.4) is 0 Å². The van der Waals surface area contributed by atoms with Gasteiger partial charge in [-0.05, 0) is 54.1 Å². The number of likely N-dealkylation sites (N-methyl/N-ethyl adjacent to an activating group) is 1. The molecule has 0 saturated carbocycles. The maximum atomic E-state index is 12.8. The fourth-order valence-corrected chi connectivity index (χ4v) is 4.51. The van der Waals surface area contributed by atoms with Crippen molar-refractivity contribution in [3.8, 4) is 0 Å². The van der Waals surface area contributed by atoms with Gasteiger partial charge in [0.15, 0.2) is 0 Å². The van der Waals surface area contributed by atoms with E-state index in [2.05, 4.69) is 15.9 Å². The standard InChI is InChI=1S/C14H23BrN2O3S/c1-4-7-17(9-8-16(2)3)21(19,20)14-6-5-12(11-18)10-13(14)15/h5-6,10,18H,4,7-9,11H2,1-3H3. The zero-order chi connectivity index (χ0) is 16.0. The van der Waals surface area contributed by atoms with Gasteiger partial charge in [0.2, 0.25) is 10.0 Å². The number of hydrogen-bond donors (Lipinski definition) is 1. The summed E-state index contributed by atoms with van der Waals surface area (Å²) in [7, 11) is 0.302. The van der Waals surface area contributed by atoms with E-state index in [4.69, 9.17) is 5.11 Å². The van der Waals surface area contributed by atoms with Crippen LogP contribution in [-0.2, 0) is 16.6 Å². The zero-order valence-electron chi connectivity index (χ0n) is 12.7. The molecule has 0 saturated heterocycles. The van der Waals surface area contributed by atoms with Gasteiger partial charge < -0.3 is 10.0 Å². The number of aliphatic hydroxyl groups is 1. The summed E-state index contributed by atoms with van der Waals surface area (Å²) in [5.74, 6) is 0. The molecule has 7 heteroatoms. The molecule has 0 aromatic heterocycles. The molecule has 0 fully saturated rings. The van der Waals surface area contributed by atoms with Crippen LogP contribution in [0, 0.1) is 0 Å². The average Bonchev–Trinajstić information content (AvgIpc) is 2.42. The predicted octanol–water partition coefficient (Wildman–Crippen LogP) is 1.90. The summed E-state index contributed by atoms with van der Waals surface area (Å²) in [5.41, 5.74) is 0.677. The fraction of sp³-hybridized carbons (Fsp3) is 0.571. The molecule has 5 nitrogen and oxygen atoms in total. The smallest absolute Gasteiger partial charge is 0.244 e. The highest BCUT2D eigenvalue weighted by atomic mass is 79.9. The quantitative estimate of drug-likeness (QED) is 0.750. The molecule has 0 unspecified atom stereocenters. The molecule has 1 aromatic rings. The summed E-state index contributed by atoms with van der Waals surface area (Å²) in [5, 5.41) is 9.11. The van der Waals surface area contributed by atoms with Crippen molar-refractivity contribution in [3.05, 3.63) is 28.2 Å². The summed E-state index contributed by atoms with van der Waals surface area (Å²) in [6.45, 7) is 3.47. The monoisotopic (exact) mass is 378 g/mol. The molecule has 1 rings (SSSR count). The number of halogens is 1. The van der Waals surface area contributed by atoms with Crippen molar-refractivity contribution < 1.29 is 13.5 Å². The van der Waals surface area contributed by atoms with E-state index in [1.807, 2.05) is 25.9 Å². The van der Waals surface area contributed by atoms with E-state index in [9.17, 15) is 8.42 Å². The first-order valence-electron chi connectivity index (χ1n) is 6.87. The lowest BCUT2D eigenvalue weighted by Gasteiger charge is -2.24. The molecule has 0 aliphatic heterocycles. The van der Waals surface area contributed by atoms with Gasteiger partial charge in [-0.2, -0.15) is 4.31 Å². The van der Waals surface area contributed by atoms with Crippen LogP contribution in [0.1, 0.15) is 18.9 Å². The third-order valence-electron chi connectivity index (χ3n) is 3.07. The summed E-state index contributed by atoms with van der Waals surface area (Å²) >= 11 is 3.30. The minimum atomic E-state index is -3.54. The highest BCUT2D eigenvalue weighted by molar-refractivity contribution is 9.10. The van der Waals surface area contributed by atoms with E-state index < -0.39 is 10.0 Å². The van der Waals surface area contributed by atoms with E-state index in [0.29, 0.717) is 29.7 Å². The lowest BCUT2D eigenvalue weighted by molar-refractivity contribution is 0.281. The van der Waals surface area contributed by atoms with E-state index in [1.165, 1.54) is 4.31 Å². The summed E-state index contributed by atoms with van der Waals surface area (Å²) < 4.78 is 27.5. The van der Waals surface area contributed by atoms with Gasteiger partial charge in [-0.1, -0.05) is 13.0 Å². The molecule has 120 valence electrons. The van der Waals surface area contributed by atoms with Crippen molar-refractivity contribution in [3.63, 3.8) is 0 Å². The Hall–Kier alpha value is -0.470. The second kappa shape index (κ2) is 8.24. The predicted molar refractivity (Wildman–Crippen MR) is 87.7 cm³/mol. The van der Waals surface area contributed by atoms with Crippen LogP contribution in [0.4, 0.5) is 0 Å². The first kappa shape index (κ1) is 18.6. The summed E-state index contributed by atoms with van der Waals surface area (Å²) in [6, 6.07) is 4.82. The van der Waals surface area contributed by atoms with Gasteiger partial charge in [-0.3, -0.25) is 0 Å². The van der Waals surface area contributed by atoms with Gasteiger partial charge in [0, 0.05) is 24.1 Å². The Morgan fingerprint density at radius 1 is 1.19 bits per heavy atom. The van der Waals surface area contributed by atoms with E-state index in [-0.39, 0.29) is 11.5 Å². The third kappa shape index (κ3) is 5.03. The molecular weight excluding hydrogens is 356 g/mol. The van der Waals surface area contributed by atoms with E-state index in [1.54, 1.807) is 18.2 Å². The minimum Gasteiger partial charge on any atom is -0.392 e. The van der Waals surface area contributed by atoms with Crippen LogP contribution in [0.2, 0.25) is 0 Å². The first-order valence-corrected chi connectivity index (χ1v) is 9.10. The Labute approximate surface area is 135 Å². The molecule has 0 radical (unpaired) electrons. The Balaban J connectivity index is 3.10. The lowest BCUT2D eigenvalue weighted by Crippen LogP contribution is -2.37. The number of aliphatic hydroxyl groups excluding tert-OH is 1. The topological polar surface area (TPSA) is 60.9 Å². The molecule has 0 bridgehead atoms. The Morgan fingerprint density at radius 2 is 1.86 bits per heavy atom. The van der Waals surface area contributed by atoms with Gasteiger partial charge in [-0.15, -0.1) is 0 Å². The molecule has 0 amide bonds. The van der Waals surface area contributed by atoms with Crippen molar-refractivity contribution >= 4 is 26.0 Å². The van der Waals surface area contributed by atoms with Crippen LogP contribution < -0.4 is 0 Å². The Kier molecular flexibility index (Phi) is 7.29. The van der Waals surface area contributed by atoms with E-state index >= 15 is 0 Å². The van der Waals surface area contributed by atoms with Gasteiger partial charge in [0.1, 0.15) is 0 Å². The molecule has 1 N–H and O–H groups in total. The average molecular weight is 379 g/mol. The summed E-state index contributed by atoms with van der Waals surface area (Å²) in [4.78, 5) is 2.20. The Bertz CT molecular complexity index is 561. The fourth-order valence-electron chi connectivity index (χ4n) is 1.90.